The Labute approximate surface area is 180 Å². The molecule has 0 radical (unpaired) electrons. The highest BCUT2D eigenvalue weighted by molar-refractivity contribution is 7.89. The highest BCUT2D eigenvalue weighted by Gasteiger charge is 2.31. The maximum atomic E-state index is 13.1. The van der Waals surface area contributed by atoms with Gasteiger partial charge in [0.25, 0.3) is 0 Å². The molecule has 8 nitrogen and oxygen atoms in total. The summed E-state index contributed by atoms with van der Waals surface area (Å²) >= 11 is 0. The summed E-state index contributed by atoms with van der Waals surface area (Å²) in [5.74, 6) is 0.325. The molecule has 0 bridgehead atoms. The van der Waals surface area contributed by atoms with Crippen LogP contribution in [0.2, 0.25) is 0 Å². The van der Waals surface area contributed by atoms with Crippen LogP contribution in [0.3, 0.4) is 0 Å². The fourth-order valence-electron chi connectivity index (χ4n) is 3.68. The number of nitrogens with zero attached hydrogens (tertiary/aromatic N) is 2. The summed E-state index contributed by atoms with van der Waals surface area (Å²) in [6.07, 6.45) is 4.20. The zero-order valence-corrected chi connectivity index (χ0v) is 18.2. The maximum absolute atomic E-state index is 13.1. The van der Waals surface area contributed by atoms with E-state index in [1.165, 1.54) is 22.7 Å². The smallest absolute Gasteiger partial charge is 0.338 e. The van der Waals surface area contributed by atoms with Crippen LogP contribution in [0, 0.1) is 6.92 Å². The fourth-order valence-corrected chi connectivity index (χ4v) is 5.40. The number of aryl methyl sites for hydroxylation is 1. The second-order valence-corrected chi connectivity index (χ2v) is 9.56. The van der Waals surface area contributed by atoms with Gasteiger partial charge < -0.3 is 13.7 Å². The topological polar surface area (TPSA) is 103 Å². The van der Waals surface area contributed by atoms with Crippen molar-refractivity contribution in [3.63, 3.8) is 0 Å². The zero-order chi connectivity index (χ0) is 22.0. The van der Waals surface area contributed by atoms with Crippen LogP contribution in [0.1, 0.15) is 47.8 Å². The second kappa shape index (κ2) is 8.68. The van der Waals surface area contributed by atoms with E-state index in [4.69, 9.17) is 13.7 Å². The van der Waals surface area contributed by atoms with Crippen molar-refractivity contribution in [3.05, 3.63) is 59.5 Å². The van der Waals surface area contributed by atoms with Crippen molar-refractivity contribution in [1.82, 2.24) is 9.46 Å². The zero-order valence-electron chi connectivity index (χ0n) is 17.4. The normalized spacial score (nSPS) is 17.5. The van der Waals surface area contributed by atoms with E-state index in [1.54, 1.807) is 31.2 Å². The minimum Gasteiger partial charge on any atom is -0.461 e. The van der Waals surface area contributed by atoms with E-state index in [9.17, 15) is 13.2 Å². The highest BCUT2D eigenvalue weighted by Crippen LogP contribution is 2.27. The second-order valence-electron chi connectivity index (χ2n) is 7.67. The summed E-state index contributed by atoms with van der Waals surface area (Å²) in [6.45, 7) is 4.03. The summed E-state index contributed by atoms with van der Waals surface area (Å²) in [5, 5.41) is 3.87. The van der Waals surface area contributed by atoms with Gasteiger partial charge in [0.05, 0.1) is 16.7 Å². The maximum Gasteiger partial charge on any atom is 0.338 e. The summed E-state index contributed by atoms with van der Waals surface area (Å²) in [5.41, 5.74) is 1.26. The van der Waals surface area contributed by atoms with Crippen LogP contribution in [0.15, 0.2) is 56.5 Å². The molecular weight excluding hydrogens is 420 g/mol. The van der Waals surface area contributed by atoms with Crippen molar-refractivity contribution in [2.45, 2.75) is 50.7 Å². The molecule has 0 amide bonds. The predicted molar refractivity (Wildman–Crippen MR) is 112 cm³/mol. The van der Waals surface area contributed by atoms with Crippen LogP contribution in [-0.4, -0.2) is 36.4 Å². The molecule has 1 aliphatic heterocycles. The Morgan fingerprint density at radius 2 is 2.06 bits per heavy atom. The van der Waals surface area contributed by atoms with Gasteiger partial charge >= 0.3 is 5.97 Å². The summed E-state index contributed by atoms with van der Waals surface area (Å²) in [7, 11) is -3.69. The molecule has 9 heteroatoms. The Kier molecular flexibility index (Phi) is 5.97. The Balaban J connectivity index is 1.49. The number of carbonyl (C=O) groups is 1. The highest BCUT2D eigenvalue weighted by atomic mass is 32.2. The number of sulfonamides is 1. The largest absolute Gasteiger partial charge is 0.461 e. The number of piperidine rings is 1. The predicted octanol–water partition coefficient (Wildman–Crippen LogP) is 4.16. The van der Waals surface area contributed by atoms with E-state index in [1.807, 2.05) is 6.92 Å². The van der Waals surface area contributed by atoms with E-state index < -0.39 is 16.0 Å². The molecule has 0 saturated carbocycles. The lowest BCUT2D eigenvalue weighted by Gasteiger charge is -2.32. The van der Waals surface area contributed by atoms with Gasteiger partial charge in [0.1, 0.15) is 12.3 Å². The van der Waals surface area contributed by atoms with E-state index >= 15 is 0 Å². The van der Waals surface area contributed by atoms with Gasteiger partial charge in [-0.1, -0.05) is 17.6 Å². The minimum absolute atomic E-state index is 0.0639. The third kappa shape index (κ3) is 4.42. The van der Waals surface area contributed by atoms with Crippen LogP contribution < -0.4 is 0 Å². The molecule has 0 spiro atoms. The fraction of sp³-hybridized carbons (Fsp3) is 0.364. The van der Waals surface area contributed by atoms with E-state index in [0.29, 0.717) is 29.3 Å². The first-order valence-electron chi connectivity index (χ1n) is 10.2. The molecule has 31 heavy (non-hydrogen) atoms. The molecule has 3 heterocycles. The van der Waals surface area contributed by atoms with Gasteiger partial charge in [0.15, 0.2) is 5.76 Å². The van der Waals surface area contributed by atoms with Crippen molar-refractivity contribution in [2.75, 3.05) is 6.54 Å². The lowest BCUT2D eigenvalue weighted by molar-refractivity contribution is 0.0463. The van der Waals surface area contributed by atoms with E-state index in [0.717, 1.165) is 19.3 Å². The quantitative estimate of drug-likeness (QED) is 0.526. The van der Waals surface area contributed by atoms with Crippen LogP contribution in [0.4, 0.5) is 0 Å². The van der Waals surface area contributed by atoms with E-state index in [2.05, 4.69) is 5.16 Å². The van der Waals surface area contributed by atoms with Crippen molar-refractivity contribution in [3.8, 4) is 11.5 Å². The standard InChI is InChI=1S/C22H24N2O6S/c1-15-8-9-18(31(26,27)24-10-4-3-6-16(24)2)13-19(15)22(25)29-14-17-12-21(30-23-17)20-7-5-11-28-20/h5,7-9,11-13,16H,3-4,6,10,14H2,1-2H3/t16-/m0/s1. The number of aromatic nitrogens is 1. The van der Waals surface area contributed by atoms with Gasteiger partial charge in [-0.2, -0.15) is 4.31 Å². The molecule has 0 unspecified atom stereocenters. The third-order valence-corrected chi connectivity index (χ3v) is 7.46. The lowest BCUT2D eigenvalue weighted by atomic mass is 10.1. The van der Waals surface area contributed by atoms with Gasteiger partial charge in [0.2, 0.25) is 15.8 Å². The van der Waals surface area contributed by atoms with Crippen molar-refractivity contribution in [2.24, 2.45) is 0 Å². The molecule has 2 aromatic heterocycles. The lowest BCUT2D eigenvalue weighted by Crippen LogP contribution is -2.41. The van der Waals surface area contributed by atoms with Gasteiger partial charge in [0, 0.05) is 18.7 Å². The Morgan fingerprint density at radius 1 is 1.23 bits per heavy atom. The average molecular weight is 445 g/mol. The molecule has 1 aliphatic rings. The summed E-state index contributed by atoms with van der Waals surface area (Å²) in [4.78, 5) is 12.8. The number of benzene rings is 1. The molecule has 3 aromatic rings. The number of esters is 1. The molecule has 1 fully saturated rings. The Hall–Kier alpha value is -2.91. The van der Waals surface area contributed by atoms with Crippen molar-refractivity contribution in [1.29, 1.82) is 0 Å². The summed E-state index contributed by atoms with van der Waals surface area (Å²) < 4.78 is 43.6. The number of rotatable bonds is 6. The first kappa shape index (κ1) is 21.3. The first-order chi connectivity index (χ1) is 14.9. The molecule has 1 saturated heterocycles. The molecule has 0 N–H and O–H groups in total. The molecule has 0 aliphatic carbocycles. The Bertz CT molecular complexity index is 1170. The molecule has 164 valence electrons. The third-order valence-electron chi connectivity index (χ3n) is 5.45. The molecular formula is C22H24N2O6S. The van der Waals surface area contributed by atoms with Crippen LogP contribution in [-0.2, 0) is 21.4 Å². The van der Waals surface area contributed by atoms with Gasteiger partial charge in [-0.25, -0.2) is 13.2 Å². The number of carbonyl (C=O) groups excluding carboxylic acids is 1. The van der Waals surface area contributed by atoms with Crippen LogP contribution in [0.25, 0.3) is 11.5 Å². The number of hydrogen-bond donors (Lipinski definition) is 0. The average Bonchev–Trinajstić information content (AvgIpc) is 3.44. The van der Waals surface area contributed by atoms with Gasteiger partial charge in [-0.15, -0.1) is 0 Å². The van der Waals surface area contributed by atoms with Crippen molar-refractivity contribution < 1.29 is 26.9 Å². The number of hydrogen-bond acceptors (Lipinski definition) is 7. The molecule has 4 rings (SSSR count). The number of ether oxygens (including phenoxy) is 1. The summed E-state index contributed by atoms with van der Waals surface area (Å²) in [6, 6.07) is 9.58. The Morgan fingerprint density at radius 3 is 2.81 bits per heavy atom. The minimum atomic E-state index is -3.69. The van der Waals surface area contributed by atoms with E-state index in [-0.39, 0.29) is 23.1 Å². The van der Waals surface area contributed by atoms with Crippen molar-refractivity contribution >= 4 is 16.0 Å². The van der Waals surface area contributed by atoms with Crippen LogP contribution >= 0.6 is 0 Å². The first-order valence-corrected chi connectivity index (χ1v) is 11.6. The SMILES string of the molecule is Cc1ccc(S(=O)(=O)N2CCCC[C@@H]2C)cc1C(=O)OCc1cc(-c2ccco2)on1. The monoisotopic (exact) mass is 444 g/mol. The number of furan rings is 1. The molecule has 1 atom stereocenters. The van der Waals surface area contributed by atoms with Gasteiger partial charge in [-0.3, -0.25) is 0 Å². The van der Waals surface area contributed by atoms with Crippen LogP contribution in [0.5, 0.6) is 0 Å². The molecule has 1 aromatic carbocycles. The van der Waals surface area contributed by atoms with Gasteiger partial charge in [-0.05, 0) is 56.5 Å².